The molecule has 1 N–H and O–H groups in total. The van der Waals surface area contributed by atoms with E-state index < -0.39 is 0 Å². The summed E-state index contributed by atoms with van der Waals surface area (Å²) in [4.78, 5) is 16.5. The van der Waals surface area contributed by atoms with Crippen molar-refractivity contribution in [2.24, 2.45) is 4.99 Å². The quantitative estimate of drug-likeness (QED) is 0.465. The molecule has 0 heterocycles. The second-order valence-corrected chi connectivity index (χ2v) is 3.58. The Kier molecular flexibility index (Phi) is 3.73. The Labute approximate surface area is 73.7 Å². The minimum atomic E-state index is -0.164. The van der Waals surface area contributed by atoms with Gasteiger partial charge in [0.15, 0.2) is 0 Å². The van der Waals surface area contributed by atoms with Crippen LogP contribution in [0, 0.1) is 0 Å². The van der Waals surface area contributed by atoms with Gasteiger partial charge in [-0.15, -0.1) is 0 Å². The van der Waals surface area contributed by atoms with Gasteiger partial charge in [0.2, 0.25) is 0 Å². The number of carbonyl (C=O) groups is 1. The zero-order chi connectivity index (χ0) is 9.78. The molecule has 0 radical (unpaired) electrons. The summed E-state index contributed by atoms with van der Waals surface area (Å²) in [6.07, 6.45) is 1.53. The third-order valence-electron chi connectivity index (χ3n) is 1.15. The summed E-state index contributed by atoms with van der Waals surface area (Å²) in [6.45, 7) is 5.92. The highest BCUT2D eigenvalue weighted by atomic mass is 16.2. The van der Waals surface area contributed by atoms with Gasteiger partial charge in [-0.25, -0.2) is 4.79 Å². The molecule has 2 amide bonds. The summed E-state index contributed by atoms with van der Waals surface area (Å²) in [6, 6.07) is -0.164. The van der Waals surface area contributed by atoms with E-state index in [0.717, 1.165) is 0 Å². The summed E-state index contributed by atoms with van der Waals surface area (Å²) in [5.41, 5.74) is -0.137. The Hall–Kier alpha value is -1.06. The standard InChI is InChI=1S/C8H17N3O/c1-8(2,3)10-6-11(5)7(12)9-4/h6H,1-5H3,(H,9,12). The molecule has 0 bridgehead atoms. The lowest BCUT2D eigenvalue weighted by Crippen LogP contribution is -2.34. The smallest absolute Gasteiger partial charge is 0.322 e. The summed E-state index contributed by atoms with van der Waals surface area (Å²) in [5.74, 6) is 0. The Morgan fingerprint density at radius 3 is 2.33 bits per heavy atom. The van der Waals surface area contributed by atoms with Gasteiger partial charge in [0.1, 0.15) is 0 Å². The second-order valence-electron chi connectivity index (χ2n) is 3.58. The molecule has 0 unspecified atom stereocenters. The summed E-state index contributed by atoms with van der Waals surface area (Å²) in [5, 5.41) is 2.50. The highest BCUT2D eigenvalue weighted by Crippen LogP contribution is 2.04. The van der Waals surface area contributed by atoms with Crippen LogP contribution in [-0.4, -0.2) is 36.9 Å². The van der Waals surface area contributed by atoms with Crippen LogP contribution in [0.25, 0.3) is 0 Å². The predicted molar refractivity (Wildman–Crippen MR) is 50.5 cm³/mol. The van der Waals surface area contributed by atoms with Gasteiger partial charge in [-0.2, -0.15) is 0 Å². The number of nitrogens with one attached hydrogen (secondary N) is 1. The molecule has 0 saturated heterocycles. The molecule has 70 valence electrons. The number of carbonyl (C=O) groups excluding carboxylic acids is 1. The number of aliphatic imine (C=N–C) groups is 1. The number of rotatable bonds is 1. The van der Waals surface area contributed by atoms with E-state index in [9.17, 15) is 4.79 Å². The number of hydrogen-bond acceptors (Lipinski definition) is 2. The molecule has 0 aliphatic carbocycles. The Bertz CT molecular complexity index is 181. The van der Waals surface area contributed by atoms with Crippen LogP contribution in [0.5, 0.6) is 0 Å². The molecule has 0 saturated carbocycles. The fourth-order valence-electron chi connectivity index (χ4n) is 0.489. The van der Waals surface area contributed by atoms with Crippen LogP contribution in [0.15, 0.2) is 4.99 Å². The topological polar surface area (TPSA) is 44.7 Å². The average molecular weight is 171 g/mol. The van der Waals surface area contributed by atoms with Crippen LogP contribution in [-0.2, 0) is 0 Å². The maximum Gasteiger partial charge on any atom is 0.322 e. The van der Waals surface area contributed by atoms with Crippen LogP contribution >= 0.6 is 0 Å². The molecule has 0 fully saturated rings. The first-order chi connectivity index (χ1) is 5.37. The van der Waals surface area contributed by atoms with Crippen LogP contribution < -0.4 is 5.32 Å². The molecular weight excluding hydrogens is 154 g/mol. The van der Waals surface area contributed by atoms with Crippen LogP contribution in [0.4, 0.5) is 4.79 Å². The SMILES string of the molecule is CNC(=O)N(C)C=NC(C)(C)C. The summed E-state index contributed by atoms with van der Waals surface area (Å²) >= 11 is 0. The largest absolute Gasteiger partial charge is 0.341 e. The van der Waals surface area contributed by atoms with Gasteiger partial charge in [-0.1, -0.05) is 0 Å². The number of urea groups is 1. The zero-order valence-electron chi connectivity index (χ0n) is 8.38. The predicted octanol–water partition coefficient (Wildman–Crippen LogP) is 1.08. The number of hydrogen-bond donors (Lipinski definition) is 1. The van der Waals surface area contributed by atoms with Crippen molar-refractivity contribution in [1.29, 1.82) is 0 Å². The Morgan fingerprint density at radius 1 is 1.50 bits per heavy atom. The molecular formula is C8H17N3O. The molecule has 0 atom stereocenters. The first-order valence-corrected chi connectivity index (χ1v) is 3.86. The molecule has 4 nitrogen and oxygen atoms in total. The van der Waals surface area contributed by atoms with Crippen molar-refractivity contribution in [3.63, 3.8) is 0 Å². The van der Waals surface area contributed by atoms with Crippen molar-refractivity contribution in [2.75, 3.05) is 14.1 Å². The van der Waals surface area contributed by atoms with Gasteiger partial charge in [-0.3, -0.25) is 9.89 Å². The van der Waals surface area contributed by atoms with E-state index in [-0.39, 0.29) is 11.6 Å². The monoisotopic (exact) mass is 171 g/mol. The minimum absolute atomic E-state index is 0.137. The maximum atomic E-state index is 11.0. The Balaban J connectivity index is 4.09. The van der Waals surface area contributed by atoms with E-state index in [1.54, 1.807) is 14.1 Å². The van der Waals surface area contributed by atoms with E-state index in [4.69, 9.17) is 0 Å². The molecule has 0 aromatic rings. The van der Waals surface area contributed by atoms with Crippen molar-refractivity contribution in [1.82, 2.24) is 10.2 Å². The molecule has 12 heavy (non-hydrogen) atoms. The molecule has 0 spiro atoms. The first kappa shape index (κ1) is 10.9. The van der Waals surface area contributed by atoms with E-state index >= 15 is 0 Å². The number of amides is 2. The van der Waals surface area contributed by atoms with Gasteiger partial charge in [-0.05, 0) is 20.8 Å². The highest BCUT2D eigenvalue weighted by Gasteiger charge is 2.07. The fraction of sp³-hybridized carbons (Fsp3) is 0.750. The third kappa shape index (κ3) is 4.71. The van der Waals surface area contributed by atoms with Crippen molar-refractivity contribution < 1.29 is 4.79 Å². The lowest BCUT2D eigenvalue weighted by Gasteiger charge is -2.15. The molecule has 0 aliphatic rings. The van der Waals surface area contributed by atoms with Crippen molar-refractivity contribution in [2.45, 2.75) is 26.3 Å². The van der Waals surface area contributed by atoms with Crippen LogP contribution in [0.3, 0.4) is 0 Å². The normalized spacial score (nSPS) is 11.8. The lowest BCUT2D eigenvalue weighted by molar-refractivity contribution is 0.229. The van der Waals surface area contributed by atoms with Crippen molar-refractivity contribution in [3.8, 4) is 0 Å². The molecule has 0 aromatic carbocycles. The lowest BCUT2D eigenvalue weighted by atomic mass is 10.1. The van der Waals surface area contributed by atoms with Gasteiger partial charge in [0.05, 0.1) is 11.9 Å². The van der Waals surface area contributed by atoms with E-state index in [1.165, 1.54) is 11.2 Å². The molecule has 0 aliphatic heterocycles. The summed E-state index contributed by atoms with van der Waals surface area (Å²) in [7, 11) is 3.25. The fourth-order valence-corrected chi connectivity index (χ4v) is 0.489. The van der Waals surface area contributed by atoms with Crippen molar-refractivity contribution in [3.05, 3.63) is 0 Å². The van der Waals surface area contributed by atoms with E-state index in [1.807, 2.05) is 20.8 Å². The van der Waals surface area contributed by atoms with Gasteiger partial charge >= 0.3 is 6.03 Å². The van der Waals surface area contributed by atoms with E-state index in [2.05, 4.69) is 10.3 Å². The number of nitrogens with zero attached hydrogens (tertiary/aromatic N) is 2. The third-order valence-corrected chi connectivity index (χ3v) is 1.15. The van der Waals surface area contributed by atoms with Gasteiger partial charge < -0.3 is 5.32 Å². The average Bonchev–Trinajstić information content (AvgIpc) is 1.97. The maximum absolute atomic E-state index is 11.0. The minimum Gasteiger partial charge on any atom is -0.341 e. The van der Waals surface area contributed by atoms with Crippen LogP contribution in [0.1, 0.15) is 20.8 Å². The molecule has 4 heteroatoms. The zero-order valence-corrected chi connectivity index (χ0v) is 8.38. The Morgan fingerprint density at radius 2 is 2.00 bits per heavy atom. The first-order valence-electron chi connectivity index (χ1n) is 3.86. The molecule has 0 aromatic heterocycles. The van der Waals surface area contributed by atoms with Crippen molar-refractivity contribution >= 4 is 12.4 Å². The second kappa shape index (κ2) is 4.09. The summed E-state index contributed by atoms with van der Waals surface area (Å²) < 4.78 is 0. The van der Waals surface area contributed by atoms with Crippen LogP contribution in [0.2, 0.25) is 0 Å². The van der Waals surface area contributed by atoms with Gasteiger partial charge in [0, 0.05) is 14.1 Å². The highest BCUT2D eigenvalue weighted by molar-refractivity contribution is 5.85. The molecule has 0 rings (SSSR count). The van der Waals surface area contributed by atoms with E-state index in [0.29, 0.717) is 0 Å². The van der Waals surface area contributed by atoms with Gasteiger partial charge in [0.25, 0.3) is 0 Å².